The molecule has 2 aromatic carbocycles. The number of nitrogens with one attached hydrogen (secondary N) is 1. The lowest BCUT2D eigenvalue weighted by Gasteiger charge is -2.08. The molecule has 0 aromatic heterocycles. The lowest BCUT2D eigenvalue weighted by atomic mass is 10.2. The van der Waals surface area contributed by atoms with Gasteiger partial charge in [-0.3, -0.25) is 4.79 Å². The van der Waals surface area contributed by atoms with Crippen molar-refractivity contribution in [3.63, 3.8) is 0 Å². The van der Waals surface area contributed by atoms with Crippen molar-refractivity contribution in [2.45, 2.75) is 0 Å². The van der Waals surface area contributed by atoms with Crippen molar-refractivity contribution in [1.82, 2.24) is 0 Å². The summed E-state index contributed by atoms with van der Waals surface area (Å²) >= 11 is 5.68. The van der Waals surface area contributed by atoms with Crippen LogP contribution in [0.2, 0.25) is 5.02 Å². The monoisotopic (exact) mass is 343 g/mol. The van der Waals surface area contributed by atoms with Crippen LogP contribution < -0.4 is 5.32 Å². The van der Waals surface area contributed by atoms with Gasteiger partial charge in [0.15, 0.2) is 6.61 Å². The molecule has 0 atom stereocenters. The van der Waals surface area contributed by atoms with E-state index in [2.05, 4.69) is 4.74 Å². The van der Waals surface area contributed by atoms with Gasteiger partial charge in [0.2, 0.25) is 0 Å². The van der Waals surface area contributed by atoms with Gasteiger partial charge in [-0.15, -0.1) is 0 Å². The van der Waals surface area contributed by atoms with Gasteiger partial charge in [0.25, 0.3) is 5.91 Å². The standard InChI is InChI=1S/C15H9ClF3NO3/c16-9-2-1-3-11(19)14(9)15(22)23-7-13(21)20-12-6-8(17)4-5-10(12)18/h1-6H,7H2,(H,20,21). The predicted molar refractivity (Wildman–Crippen MR) is 76.7 cm³/mol. The van der Waals surface area contributed by atoms with Crippen molar-refractivity contribution in [2.24, 2.45) is 0 Å². The fraction of sp³-hybridized carbons (Fsp3) is 0.0667. The maximum Gasteiger partial charge on any atom is 0.343 e. The molecule has 0 aliphatic carbocycles. The van der Waals surface area contributed by atoms with E-state index >= 15 is 0 Å². The van der Waals surface area contributed by atoms with Crippen LogP contribution in [0.15, 0.2) is 36.4 Å². The first-order valence-electron chi connectivity index (χ1n) is 6.24. The van der Waals surface area contributed by atoms with Crippen LogP contribution in [0.3, 0.4) is 0 Å². The van der Waals surface area contributed by atoms with Gasteiger partial charge in [0.05, 0.1) is 10.7 Å². The molecule has 8 heteroatoms. The van der Waals surface area contributed by atoms with E-state index in [-0.39, 0.29) is 5.02 Å². The molecule has 2 rings (SSSR count). The van der Waals surface area contributed by atoms with E-state index in [0.717, 1.165) is 24.3 Å². The molecule has 23 heavy (non-hydrogen) atoms. The number of halogens is 4. The lowest BCUT2D eigenvalue weighted by Crippen LogP contribution is -2.22. The number of carbonyl (C=O) groups excluding carboxylic acids is 2. The third kappa shape index (κ3) is 4.23. The number of ether oxygens (including phenoxy) is 1. The highest BCUT2D eigenvalue weighted by atomic mass is 35.5. The third-order valence-corrected chi connectivity index (χ3v) is 3.02. The van der Waals surface area contributed by atoms with Crippen LogP contribution in [0.5, 0.6) is 0 Å². The van der Waals surface area contributed by atoms with E-state index in [1.54, 1.807) is 0 Å². The summed E-state index contributed by atoms with van der Waals surface area (Å²) in [5, 5.41) is 1.85. The molecular weight excluding hydrogens is 335 g/mol. The van der Waals surface area contributed by atoms with Crippen LogP contribution in [0.1, 0.15) is 10.4 Å². The van der Waals surface area contributed by atoms with Gasteiger partial charge in [0, 0.05) is 6.07 Å². The normalized spacial score (nSPS) is 10.3. The van der Waals surface area contributed by atoms with Crippen molar-refractivity contribution < 1.29 is 27.5 Å². The van der Waals surface area contributed by atoms with Gasteiger partial charge in [-0.2, -0.15) is 0 Å². The van der Waals surface area contributed by atoms with Gasteiger partial charge < -0.3 is 10.1 Å². The van der Waals surface area contributed by atoms with Crippen LogP contribution in [-0.2, 0) is 9.53 Å². The molecule has 0 saturated heterocycles. The second kappa shape index (κ2) is 7.15. The van der Waals surface area contributed by atoms with Crippen molar-refractivity contribution in [3.8, 4) is 0 Å². The summed E-state index contributed by atoms with van der Waals surface area (Å²) in [5.74, 6) is -4.59. The molecule has 120 valence electrons. The third-order valence-electron chi connectivity index (χ3n) is 2.70. The minimum atomic E-state index is -1.15. The first-order valence-corrected chi connectivity index (χ1v) is 6.62. The highest BCUT2D eigenvalue weighted by Crippen LogP contribution is 2.20. The Bertz CT molecular complexity index is 747. The fourth-order valence-electron chi connectivity index (χ4n) is 1.68. The average molecular weight is 344 g/mol. The fourth-order valence-corrected chi connectivity index (χ4v) is 1.92. The highest BCUT2D eigenvalue weighted by molar-refractivity contribution is 6.33. The molecule has 0 aliphatic heterocycles. The van der Waals surface area contributed by atoms with Crippen molar-refractivity contribution in [1.29, 1.82) is 0 Å². The molecule has 4 nitrogen and oxygen atoms in total. The van der Waals surface area contributed by atoms with Crippen LogP contribution in [0.25, 0.3) is 0 Å². The van der Waals surface area contributed by atoms with E-state index in [0.29, 0.717) is 0 Å². The minimum absolute atomic E-state index is 0.174. The summed E-state index contributed by atoms with van der Waals surface area (Å²) in [4.78, 5) is 23.3. The van der Waals surface area contributed by atoms with Crippen LogP contribution >= 0.6 is 11.6 Å². The van der Waals surface area contributed by atoms with E-state index in [1.807, 2.05) is 5.32 Å². The number of carbonyl (C=O) groups is 2. The number of anilines is 1. The Morgan fingerprint density at radius 2 is 1.83 bits per heavy atom. The Kier molecular flexibility index (Phi) is 5.23. The number of esters is 1. The molecule has 0 bridgehead atoms. The number of amides is 1. The van der Waals surface area contributed by atoms with Gasteiger partial charge in [-0.25, -0.2) is 18.0 Å². The SMILES string of the molecule is O=C(COC(=O)c1c(F)cccc1Cl)Nc1cc(F)ccc1F. The Hall–Kier alpha value is -2.54. The van der Waals surface area contributed by atoms with E-state index in [1.165, 1.54) is 12.1 Å². The summed E-state index contributed by atoms with van der Waals surface area (Å²) in [6.07, 6.45) is 0. The molecule has 0 radical (unpaired) electrons. The van der Waals surface area contributed by atoms with Gasteiger partial charge >= 0.3 is 5.97 Å². The van der Waals surface area contributed by atoms with Crippen molar-refractivity contribution in [3.05, 3.63) is 64.4 Å². The molecule has 2 aromatic rings. The number of hydrogen-bond donors (Lipinski definition) is 1. The molecule has 0 aliphatic rings. The van der Waals surface area contributed by atoms with Crippen LogP contribution in [0, 0.1) is 17.5 Å². The summed E-state index contributed by atoms with van der Waals surface area (Å²) in [5.41, 5.74) is -0.922. The smallest absolute Gasteiger partial charge is 0.343 e. The lowest BCUT2D eigenvalue weighted by molar-refractivity contribution is -0.119. The number of rotatable bonds is 4. The molecule has 0 unspecified atom stereocenters. The zero-order valence-corrected chi connectivity index (χ0v) is 12.2. The predicted octanol–water partition coefficient (Wildman–Crippen LogP) is 3.55. The molecule has 1 N–H and O–H groups in total. The first kappa shape index (κ1) is 16.8. The second-order valence-electron chi connectivity index (χ2n) is 4.35. The molecule has 0 saturated carbocycles. The topological polar surface area (TPSA) is 55.4 Å². The molecular formula is C15H9ClF3NO3. The Morgan fingerprint density at radius 1 is 1.09 bits per heavy atom. The summed E-state index contributed by atoms with van der Waals surface area (Å²) in [6.45, 7) is -0.820. The quantitative estimate of drug-likeness (QED) is 0.864. The van der Waals surface area contributed by atoms with Gasteiger partial charge in [0.1, 0.15) is 23.0 Å². The van der Waals surface area contributed by atoms with E-state index in [4.69, 9.17) is 11.6 Å². The zero-order chi connectivity index (χ0) is 17.0. The minimum Gasteiger partial charge on any atom is -0.452 e. The maximum absolute atomic E-state index is 13.5. The van der Waals surface area contributed by atoms with Crippen LogP contribution in [0.4, 0.5) is 18.9 Å². The Labute approximate surface area is 133 Å². The first-order chi connectivity index (χ1) is 10.9. The summed E-state index contributed by atoms with van der Waals surface area (Å²) < 4.78 is 44.4. The van der Waals surface area contributed by atoms with E-state index in [9.17, 15) is 22.8 Å². The second-order valence-corrected chi connectivity index (χ2v) is 4.75. The number of benzene rings is 2. The molecule has 1 amide bonds. The Morgan fingerprint density at radius 3 is 2.52 bits per heavy atom. The van der Waals surface area contributed by atoms with Gasteiger partial charge in [-0.05, 0) is 24.3 Å². The van der Waals surface area contributed by atoms with Gasteiger partial charge in [-0.1, -0.05) is 17.7 Å². The zero-order valence-electron chi connectivity index (χ0n) is 11.4. The highest BCUT2D eigenvalue weighted by Gasteiger charge is 2.18. The number of hydrogen-bond acceptors (Lipinski definition) is 3. The average Bonchev–Trinajstić information content (AvgIpc) is 2.49. The molecule has 0 spiro atoms. The van der Waals surface area contributed by atoms with Crippen molar-refractivity contribution >= 4 is 29.2 Å². The molecule has 0 fully saturated rings. The van der Waals surface area contributed by atoms with Crippen LogP contribution in [-0.4, -0.2) is 18.5 Å². The van der Waals surface area contributed by atoms with Crippen molar-refractivity contribution in [2.75, 3.05) is 11.9 Å². The van der Waals surface area contributed by atoms with E-state index < -0.39 is 47.2 Å². The summed E-state index contributed by atoms with van der Waals surface area (Å²) in [7, 11) is 0. The Balaban J connectivity index is 1.99. The summed E-state index contributed by atoms with van der Waals surface area (Å²) in [6, 6.07) is 6.06. The molecule has 0 heterocycles. The largest absolute Gasteiger partial charge is 0.452 e. The maximum atomic E-state index is 13.5.